The Hall–Kier alpha value is -2.50. The molecule has 2 N–H and O–H groups in total. The summed E-state index contributed by atoms with van der Waals surface area (Å²) >= 11 is 0. The van der Waals surface area contributed by atoms with E-state index < -0.39 is 0 Å². The zero-order valence-corrected chi connectivity index (χ0v) is 17.7. The second kappa shape index (κ2) is 8.32. The maximum atomic E-state index is 5.85. The third-order valence-corrected chi connectivity index (χ3v) is 6.77. The molecule has 5 rings (SSSR count). The van der Waals surface area contributed by atoms with E-state index in [1.54, 1.807) is 7.11 Å². The first-order valence-corrected chi connectivity index (χ1v) is 11.1. The number of hydrogen-bond acceptors (Lipinski definition) is 4. The van der Waals surface area contributed by atoms with Crippen LogP contribution in [-0.4, -0.2) is 49.8 Å². The van der Waals surface area contributed by atoms with E-state index in [9.17, 15) is 0 Å². The summed E-state index contributed by atoms with van der Waals surface area (Å²) in [5.74, 6) is 1.90. The Morgan fingerprint density at radius 3 is 2.67 bits per heavy atom. The molecule has 0 radical (unpaired) electrons. The van der Waals surface area contributed by atoms with Crippen LogP contribution in [0, 0.1) is 0 Å². The second-order valence-corrected chi connectivity index (χ2v) is 8.51. The zero-order valence-electron chi connectivity index (χ0n) is 17.7. The number of methoxy groups -OCH3 is 1. The molecule has 3 aromatic rings. The number of hydrogen-bond donors (Lipinski definition) is 2. The van der Waals surface area contributed by atoms with E-state index in [1.807, 2.05) is 36.4 Å². The Labute approximate surface area is 178 Å². The summed E-state index contributed by atoms with van der Waals surface area (Å²) in [6, 6.07) is 16.5. The van der Waals surface area contributed by atoms with E-state index in [0.717, 1.165) is 70.0 Å². The summed E-state index contributed by atoms with van der Waals surface area (Å²) < 4.78 is 11.3. The summed E-state index contributed by atoms with van der Waals surface area (Å²) in [4.78, 5) is 6.34. The number of rotatable bonds is 6. The predicted molar refractivity (Wildman–Crippen MR) is 120 cm³/mol. The molecule has 1 spiro atoms. The van der Waals surface area contributed by atoms with E-state index in [-0.39, 0.29) is 5.54 Å². The number of ether oxygens (including phenoxy) is 2. The van der Waals surface area contributed by atoms with Gasteiger partial charge in [0.05, 0.1) is 19.3 Å². The Morgan fingerprint density at radius 1 is 1.03 bits per heavy atom. The van der Waals surface area contributed by atoms with Crippen LogP contribution in [0.25, 0.3) is 10.9 Å². The lowest BCUT2D eigenvalue weighted by Gasteiger charge is -2.45. The lowest BCUT2D eigenvalue weighted by molar-refractivity contribution is 0.120. The Kier molecular flexibility index (Phi) is 5.40. The van der Waals surface area contributed by atoms with E-state index in [0.29, 0.717) is 0 Å². The van der Waals surface area contributed by atoms with E-state index in [2.05, 4.69) is 27.3 Å². The molecule has 2 aliphatic heterocycles. The van der Waals surface area contributed by atoms with Gasteiger partial charge in [-0.2, -0.15) is 0 Å². The van der Waals surface area contributed by atoms with Crippen LogP contribution in [-0.2, 0) is 12.0 Å². The number of aromatic amines is 1. The van der Waals surface area contributed by atoms with Gasteiger partial charge in [0.2, 0.25) is 0 Å². The molecule has 5 heteroatoms. The molecular weight excluding hydrogens is 374 g/mol. The van der Waals surface area contributed by atoms with E-state index in [4.69, 9.17) is 9.47 Å². The van der Waals surface area contributed by atoms with Gasteiger partial charge in [-0.1, -0.05) is 18.2 Å². The topological polar surface area (TPSA) is 49.5 Å². The smallest absolute Gasteiger partial charge is 0.119 e. The van der Waals surface area contributed by atoms with Crippen molar-refractivity contribution in [3.63, 3.8) is 0 Å². The van der Waals surface area contributed by atoms with Crippen molar-refractivity contribution in [2.45, 2.75) is 31.2 Å². The maximum absolute atomic E-state index is 5.85. The highest BCUT2D eigenvalue weighted by Gasteiger charge is 2.41. The molecule has 1 saturated heterocycles. The van der Waals surface area contributed by atoms with Crippen molar-refractivity contribution in [2.75, 3.05) is 39.9 Å². The van der Waals surface area contributed by atoms with Gasteiger partial charge in [-0.3, -0.25) is 0 Å². The van der Waals surface area contributed by atoms with Crippen molar-refractivity contribution >= 4 is 10.9 Å². The van der Waals surface area contributed by atoms with Gasteiger partial charge in [0, 0.05) is 42.8 Å². The molecule has 5 nitrogen and oxygen atoms in total. The number of nitrogens with zero attached hydrogens (tertiary/aromatic N) is 1. The number of nitrogens with one attached hydrogen (secondary N) is 2. The van der Waals surface area contributed by atoms with Gasteiger partial charge in [0.15, 0.2) is 0 Å². The van der Waals surface area contributed by atoms with Gasteiger partial charge < -0.3 is 24.7 Å². The van der Waals surface area contributed by atoms with Gasteiger partial charge in [-0.25, -0.2) is 0 Å². The number of likely N-dealkylation sites (tertiary alicyclic amines) is 1. The van der Waals surface area contributed by atoms with Crippen LogP contribution in [0.4, 0.5) is 0 Å². The quantitative estimate of drug-likeness (QED) is 0.607. The summed E-state index contributed by atoms with van der Waals surface area (Å²) in [5.41, 5.74) is 4.19. The fraction of sp³-hybridized carbons (Fsp3) is 0.440. The average molecular weight is 406 g/mol. The third-order valence-electron chi connectivity index (χ3n) is 6.77. The van der Waals surface area contributed by atoms with Crippen LogP contribution in [0.2, 0.25) is 0 Å². The van der Waals surface area contributed by atoms with Crippen LogP contribution in [0.3, 0.4) is 0 Å². The highest BCUT2D eigenvalue weighted by Crippen LogP contribution is 2.40. The summed E-state index contributed by atoms with van der Waals surface area (Å²) in [6.45, 7) is 5.16. The SMILES string of the molecule is COc1ccc2[nH]c3c(c2c1)CCNC31CCN(CCCOc2ccccc2)CC1. The van der Waals surface area contributed by atoms with Gasteiger partial charge in [0.25, 0.3) is 0 Å². The zero-order chi connectivity index (χ0) is 20.4. The molecular formula is C25H31N3O2. The molecule has 3 heterocycles. The van der Waals surface area contributed by atoms with Crippen molar-refractivity contribution in [1.29, 1.82) is 0 Å². The van der Waals surface area contributed by atoms with E-state index >= 15 is 0 Å². The van der Waals surface area contributed by atoms with Crippen molar-refractivity contribution in [2.24, 2.45) is 0 Å². The second-order valence-electron chi connectivity index (χ2n) is 8.51. The largest absolute Gasteiger partial charge is 0.497 e. The number of aromatic nitrogens is 1. The van der Waals surface area contributed by atoms with Gasteiger partial charge in [0.1, 0.15) is 11.5 Å². The summed E-state index contributed by atoms with van der Waals surface area (Å²) in [7, 11) is 1.74. The third kappa shape index (κ3) is 3.68. The van der Waals surface area contributed by atoms with Crippen molar-refractivity contribution in [3.05, 3.63) is 59.8 Å². The summed E-state index contributed by atoms with van der Waals surface area (Å²) in [5, 5.41) is 5.20. The van der Waals surface area contributed by atoms with Crippen LogP contribution >= 0.6 is 0 Å². The van der Waals surface area contributed by atoms with Crippen molar-refractivity contribution in [1.82, 2.24) is 15.2 Å². The fourth-order valence-corrected chi connectivity index (χ4v) is 5.12. The van der Waals surface area contributed by atoms with Crippen LogP contribution in [0.1, 0.15) is 30.5 Å². The normalized spacial score (nSPS) is 18.4. The van der Waals surface area contributed by atoms with E-state index in [1.165, 1.54) is 22.2 Å². The molecule has 158 valence electrons. The van der Waals surface area contributed by atoms with Gasteiger partial charge in [-0.15, -0.1) is 0 Å². The van der Waals surface area contributed by atoms with Gasteiger partial charge >= 0.3 is 0 Å². The first kappa shape index (κ1) is 19.5. The number of para-hydroxylation sites is 1. The Balaban J connectivity index is 1.22. The first-order chi connectivity index (χ1) is 14.8. The molecule has 1 fully saturated rings. The molecule has 1 aromatic heterocycles. The van der Waals surface area contributed by atoms with Gasteiger partial charge in [-0.05, 0) is 61.6 Å². The minimum Gasteiger partial charge on any atom is -0.497 e. The molecule has 0 saturated carbocycles. The molecule has 0 atom stereocenters. The fourth-order valence-electron chi connectivity index (χ4n) is 5.12. The molecule has 2 aromatic carbocycles. The Morgan fingerprint density at radius 2 is 1.87 bits per heavy atom. The predicted octanol–water partition coefficient (Wildman–Crippen LogP) is 4.08. The van der Waals surface area contributed by atoms with Crippen LogP contribution in [0.5, 0.6) is 11.5 Å². The highest BCUT2D eigenvalue weighted by molar-refractivity contribution is 5.86. The number of fused-ring (bicyclic) bond motifs is 4. The summed E-state index contributed by atoms with van der Waals surface area (Å²) in [6.07, 6.45) is 4.42. The van der Waals surface area contributed by atoms with Crippen LogP contribution in [0.15, 0.2) is 48.5 Å². The lowest BCUT2D eigenvalue weighted by Crippen LogP contribution is -2.54. The first-order valence-electron chi connectivity index (χ1n) is 11.1. The number of piperidine rings is 1. The monoisotopic (exact) mass is 405 g/mol. The lowest BCUT2D eigenvalue weighted by atomic mass is 9.79. The highest BCUT2D eigenvalue weighted by atomic mass is 16.5. The molecule has 0 unspecified atom stereocenters. The molecule has 0 amide bonds. The average Bonchev–Trinajstić information content (AvgIpc) is 3.18. The molecule has 0 bridgehead atoms. The minimum atomic E-state index is 0.0802. The Bertz CT molecular complexity index is 990. The standard InChI is InChI=1S/C25H31N3O2/c1-29-20-8-9-23-22(18-20)21-10-13-26-25(24(21)27-23)11-15-28(16-12-25)14-5-17-30-19-6-3-2-4-7-19/h2-4,6-9,18,26-27H,5,10-17H2,1H3. The minimum absolute atomic E-state index is 0.0802. The van der Waals surface area contributed by atoms with Crippen molar-refractivity contribution < 1.29 is 9.47 Å². The number of H-pyrrole nitrogens is 1. The molecule has 0 aliphatic carbocycles. The van der Waals surface area contributed by atoms with Crippen LogP contribution < -0.4 is 14.8 Å². The molecule has 2 aliphatic rings. The number of benzene rings is 2. The van der Waals surface area contributed by atoms with Crippen molar-refractivity contribution in [3.8, 4) is 11.5 Å². The maximum Gasteiger partial charge on any atom is 0.119 e. The molecule has 30 heavy (non-hydrogen) atoms.